The van der Waals surface area contributed by atoms with Crippen LogP contribution in [0.1, 0.15) is 165 Å². The number of esters is 1. The lowest BCUT2D eigenvalue weighted by atomic mass is 9.32. The number of carboxylic acids is 1. The van der Waals surface area contributed by atoms with Gasteiger partial charge in [0.25, 0.3) is 0 Å². The fraction of sp³-hybridized carbons (Fsp3) is 0.867. The first-order valence-electron chi connectivity index (χ1n) is 21.0. The Morgan fingerprint density at radius 1 is 0.846 bits per heavy atom. The van der Waals surface area contributed by atoms with Crippen molar-refractivity contribution >= 4 is 23.6 Å². The van der Waals surface area contributed by atoms with Crippen LogP contribution in [0.25, 0.3) is 0 Å². The van der Waals surface area contributed by atoms with Crippen LogP contribution in [-0.2, 0) is 23.9 Å². The number of rotatable bonds is 10. The van der Waals surface area contributed by atoms with Crippen LogP contribution in [0.2, 0.25) is 0 Å². The van der Waals surface area contributed by atoms with E-state index >= 15 is 0 Å². The minimum Gasteiger partial charge on any atom is -0.481 e. The van der Waals surface area contributed by atoms with Crippen molar-refractivity contribution in [3.63, 3.8) is 0 Å². The van der Waals surface area contributed by atoms with Crippen LogP contribution in [0.5, 0.6) is 0 Å². The molecule has 0 aromatic carbocycles. The number of allylic oxidation sites excluding steroid dienone is 1. The molecule has 6 aliphatic rings. The van der Waals surface area contributed by atoms with Crippen molar-refractivity contribution in [3.8, 4) is 0 Å². The second-order valence-corrected chi connectivity index (χ2v) is 21.1. The van der Waals surface area contributed by atoms with Crippen molar-refractivity contribution in [1.29, 1.82) is 0 Å². The van der Waals surface area contributed by atoms with Crippen molar-refractivity contribution in [2.75, 3.05) is 6.54 Å². The SMILES string of the molecule is C=C(C)[C@@H]1CC[C@]2(CC(=O)N3CCC[C@@H]3CCC(C)=O)CC[C@]3(C)[C@H](CC[C@@H]4[C@@]5(C)CC[C@H](OC(=O)CC(C)(C)C(=O)O)C(C)(C)[C@@H]5CC[C@]43C)[C@@H]12. The second-order valence-electron chi connectivity index (χ2n) is 21.1. The van der Waals surface area contributed by atoms with Gasteiger partial charge in [-0.2, -0.15) is 0 Å². The van der Waals surface area contributed by atoms with Crippen molar-refractivity contribution in [2.45, 2.75) is 177 Å². The summed E-state index contributed by atoms with van der Waals surface area (Å²) in [5, 5.41) is 9.62. The smallest absolute Gasteiger partial charge is 0.309 e. The van der Waals surface area contributed by atoms with Gasteiger partial charge in [-0.1, -0.05) is 46.8 Å². The van der Waals surface area contributed by atoms with Crippen molar-refractivity contribution in [3.05, 3.63) is 12.2 Å². The number of likely N-dealkylation sites (tertiary alicyclic amines) is 1. The van der Waals surface area contributed by atoms with Crippen LogP contribution in [-0.4, -0.2) is 52.3 Å². The van der Waals surface area contributed by atoms with Gasteiger partial charge in [0.1, 0.15) is 11.9 Å². The minimum absolute atomic E-state index is 0.0298. The lowest BCUT2D eigenvalue weighted by molar-refractivity contribution is -0.250. The highest BCUT2D eigenvalue weighted by Gasteiger charge is 2.71. The molecule has 7 heteroatoms. The number of hydrogen-bond acceptors (Lipinski definition) is 5. The number of carboxylic acid groups (broad SMARTS) is 1. The summed E-state index contributed by atoms with van der Waals surface area (Å²) in [6, 6.07) is 0.211. The normalized spacial score (nSPS) is 42.3. The van der Waals surface area contributed by atoms with E-state index < -0.39 is 17.4 Å². The first kappa shape index (κ1) is 39.5. The van der Waals surface area contributed by atoms with Gasteiger partial charge in [-0.25, -0.2) is 0 Å². The van der Waals surface area contributed by atoms with Gasteiger partial charge in [0.15, 0.2) is 0 Å². The number of nitrogens with zero attached hydrogens (tertiary/aromatic N) is 1. The third-order valence-corrected chi connectivity index (χ3v) is 17.6. The van der Waals surface area contributed by atoms with Crippen LogP contribution in [0, 0.1) is 62.1 Å². The summed E-state index contributed by atoms with van der Waals surface area (Å²) in [7, 11) is 0. The summed E-state index contributed by atoms with van der Waals surface area (Å²) >= 11 is 0. The number of aliphatic carboxylic acids is 1. The highest BCUT2D eigenvalue weighted by molar-refractivity contribution is 5.81. The highest BCUT2D eigenvalue weighted by atomic mass is 16.5. The van der Waals surface area contributed by atoms with Crippen molar-refractivity contribution in [1.82, 2.24) is 4.90 Å². The number of amides is 1. The van der Waals surface area contributed by atoms with Crippen molar-refractivity contribution < 1.29 is 29.0 Å². The van der Waals surface area contributed by atoms with Crippen LogP contribution < -0.4 is 0 Å². The molecular formula is C45H71NO6. The maximum atomic E-state index is 14.3. The van der Waals surface area contributed by atoms with E-state index in [2.05, 4.69) is 53.0 Å². The lowest BCUT2D eigenvalue weighted by Crippen LogP contribution is -2.67. The van der Waals surface area contributed by atoms with Crippen LogP contribution in [0.4, 0.5) is 0 Å². The molecule has 5 aliphatic carbocycles. The molecule has 0 spiro atoms. The molecule has 5 saturated carbocycles. The van der Waals surface area contributed by atoms with E-state index in [-0.39, 0.29) is 51.4 Å². The highest BCUT2D eigenvalue weighted by Crippen LogP contribution is 2.78. The van der Waals surface area contributed by atoms with Crippen LogP contribution >= 0.6 is 0 Å². The fourth-order valence-corrected chi connectivity index (χ4v) is 14.6. The monoisotopic (exact) mass is 722 g/mol. The van der Waals surface area contributed by atoms with Crippen LogP contribution in [0.3, 0.4) is 0 Å². The maximum Gasteiger partial charge on any atom is 0.309 e. The van der Waals surface area contributed by atoms with Gasteiger partial charge in [0.2, 0.25) is 5.91 Å². The number of hydrogen-bond donors (Lipinski definition) is 1. The van der Waals surface area contributed by atoms with Crippen LogP contribution in [0.15, 0.2) is 12.2 Å². The predicted octanol–water partition coefficient (Wildman–Crippen LogP) is 9.81. The summed E-state index contributed by atoms with van der Waals surface area (Å²) < 4.78 is 6.19. The van der Waals surface area contributed by atoms with Gasteiger partial charge in [-0.3, -0.25) is 14.4 Å². The number of carbonyl (C=O) groups is 4. The second kappa shape index (κ2) is 13.5. The van der Waals surface area contributed by atoms with Gasteiger partial charge in [-0.15, -0.1) is 0 Å². The standard InChI is InChI=1S/C45H71NO6/c1-28(2)31-17-22-45(26-36(48)46-25-11-12-30(46)14-13-29(3)47)24-23-43(9)32(38(31)45)15-16-34-42(8)20-19-35(52-37(49)27-40(4,5)39(50)51)41(6,7)33(42)18-21-44(34,43)10/h30-35,38H,1,11-27H2,2-10H3,(H,50,51)/t30-,31+,32-,33+,34-,35+,38-,42+,43-,44-,45-/m1/s1. The molecule has 1 saturated heterocycles. The van der Waals surface area contributed by atoms with E-state index in [0.717, 1.165) is 64.3 Å². The molecule has 6 fully saturated rings. The molecule has 292 valence electrons. The van der Waals surface area contributed by atoms with Gasteiger partial charge < -0.3 is 19.5 Å². The molecule has 6 rings (SSSR count). The topological polar surface area (TPSA) is 101 Å². The molecule has 1 aliphatic heterocycles. The largest absolute Gasteiger partial charge is 0.481 e. The zero-order valence-electron chi connectivity index (χ0n) is 34.2. The number of ether oxygens (including phenoxy) is 1. The molecule has 7 nitrogen and oxygen atoms in total. The molecule has 0 radical (unpaired) electrons. The summed E-state index contributed by atoms with van der Waals surface area (Å²) in [6.45, 7) is 25.0. The average molecular weight is 722 g/mol. The zero-order valence-corrected chi connectivity index (χ0v) is 34.2. The van der Waals surface area contributed by atoms with E-state index in [1.807, 2.05) is 0 Å². The summed E-state index contributed by atoms with van der Waals surface area (Å²) in [5.74, 6) is 1.69. The number of carbonyl (C=O) groups excluding carboxylic acids is 3. The number of ketones is 1. The van der Waals surface area contributed by atoms with E-state index in [4.69, 9.17) is 4.74 Å². The van der Waals surface area contributed by atoms with E-state index in [0.29, 0.717) is 48.3 Å². The van der Waals surface area contributed by atoms with E-state index in [1.165, 1.54) is 31.3 Å². The Kier molecular flexibility index (Phi) is 10.3. The molecule has 0 aromatic heterocycles. The Bertz CT molecular complexity index is 1460. The summed E-state index contributed by atoms with van der Waals surface area (Å²) in [6.07, 6.45) is 14.9. The number of Topliss-reactive ketones (excluding diaryl/α,β-unsaturated/α-hetero) is 1. The number of fused-ring (bicyclic) bond motifs is 7. The molecular weight excluding hydrogens is 650 g/mol. The Hall–Kier alpha value is -2.18. The zero-order chi connectivity index (χ0) is 38.2. The average Bonchev–Trinajstić information content (AvgIpc) is 3.67. The fourth-order valence-electron chi connectivity index (χ4n) is 14.6. The van der Waals surface area contributed by atoms with E-state index in [1.54, 1.807) is 20.8 Å². The van der Waals surface area contributed by atoms with Gasteiger partial charge in [-0.05, 0) is 162 Å². The first-order chi connectivity index (χ1) is 24.1. The predicted molar refractivity (Wildman–Crippen MR) is 204 cm³/mol. The maximum absolute atomic E-state index is 14.3. The molecule has 1 amide bonds. The first-order valence-corrected chi connectivity index (χ1v) is 21.0. The molecule has 1 heterocycles. The Morgan fingerprint density at radius 3 is 2.21 bits per heavy atom. The molecule has 52 heavy (non-hydrogen) atoms. The quantitative estimate of drug-likeness (QED) is 0.178. The molecule has 0 unspecified atom stereocenters. The lowest BCUT2D eigenvalue weighted by Gasteiger charge is -2.73. The molecule has 11 atom stereocenters. The minimum atomic E-state index is -1.15. The molecule has 0 bridgehead atoms. The van der Waals surface area contributed by atoms with E-state index in [9.17, 15) is 24.3 Å². The molecule has 1 N–H and O–H groups in total. The summed E-state index contributed by atoms with van der Waals surface area (Å²) in [5.41, 5.74) is 0.461. The van der Waals surface area contributed by atoms with Crippen molar-refractivity contribution in [2.24, 2.45) is 62.1 Å². The third-order valence-electron chi connectivity index (χ3n) is 17.6. The van der Waals surface area contributed by atoms with Gasteiger partial charge in [0.05, 0.1) is 11.8 Å². The molecule has 0 aromatic rings. The Balaban J connectivity index is 1.24. The Labute approximate surface area is 314 Å². The van der Waals surface area contributed by atoms with Gasteiger partial charge in [0, 0.05) is 30.8 Å². The third kappa shape index (κ3) is 6.22. The Morgan fingerprint density at radius 2 is 1.56 bits per heavy atom. The summed E-state index contributed by atoms with van der Waals surface area (Å²) in [4.78, 5) is 53.2. The van der Waals surface area contributed by atoms with Gasteiger partial charge >= 0.3 is 11.9 Å².